The average Bonchev–Trinajstić information content (AvgIpc) is 2.27. The van der Waals surface area contributed by atoms with Crippen molar-refractivity contribution < 1.29 is 18.3 Å². The standard InChI is InChI=1S/C12H15Br2NO4S/c1-12(2,3)10(11(16)17)15-20(18,19)9-6-7(13)4-5-8(9)14/h4-6,10,15H,1-3H3,(H,16,17)/t10-/m0/s1. The van der Waals surface area contributed by atoms with Gasteiger partial charge >= 0.3 is 5.97 Å². The van der Waals surface area contributed by atoms with Gasteiger partial charge in [-0.2, -0.15) is 4.72 Å². The number of rotatable bonds is 4. The molecule has 0 bridgehead atoms. The second-order valence-electron chi connectivity index (χ2n) is 5.33. The van der Waals surface area contributed by atoms with Crippen molar-refractivity contribution in [1.82, 2.24) is 4.72 Å². The highest BCUT2D eigenvalue weighted by Crippen LogP contribution is 2.27. The minimum absolute atomic E-state index is 0.0117. The number of sulfonamides is 1. The Morgan fingerprint density at radius 2 is 1.85 bits per heavy atom. The zero-order valence-electron chi connectivity index (χ0n) is 11.1. The molecule has 0 unspecified atom stereocenters. The molecule has 1 aromatic carbocycles. The fourth-order valence-electron chi connectivity index (χ4n) is 1.50. The van der Waals surface area contributed by atoms with Crippen molar-refractivity contribution in [3.05, 3.63) is 27.1 Å². The van der Waals surface area contributed by atoms with Crippen molar-refractivity contribution in [3.8, 4) is 0 Å². The smallest absolute Gasteiger partial charge is 0.322 e. The highest BCUT2D eigenvalue weighted by Gasteiger charge is 2.35. The Kier molecular flexibility index (Phi) is 5.40. The van der Waals surface area contributed by atoms with Crippen LogP contribution in [0.2, 0.25) is 0 Å². The molecule has 8 heteroatoms. The minimum atomic E-state index is -3.95. The van der Waals surface area contributed by atoms with E-state index < -0.39 is 27.4 Å². The van der Waals surface area contributed by atoms with E-state index in [-0.39, 0.29) is 4.90 Å². The fraction of sp³-hybridized carbons (Fsp3) is 0.417. The summed E-state index contributed by atoms with van der Waals surface area (Å²) in [6.45, 7) is 4.97. The molecule has 5 nitrogen and oxygen atoms in total. The van der Waals surface area contributed by atoms with Crippen molar-refractivity contribution >= 4 is 47.9 Å². The van der Waals surface area contributed by atoms with Gasteiger partial charge in [0.25, 0.3) is 0 Å². The van der Waals surface area contributed by atoms with Crippen molar-refractivity contribution in [1.29, 1.82) is 0 Å². The van der Waals surface area contributed by atoms with E-state index in [9.17, 15) is 18.3 Å². The maximum absolute atomic E-state index is 12.3. The molecule has 0 heterocycles. The van der Waals surface area contributed by atoms with Crippen molar-refractivity contribution in [3.63, 3.8) is 0 Å². The molecule has 1 atom stereocenters. The quantitative estimate of drug-likeness (QED) is 0.771. The normalized spacial score (nSPS) is 14.1. The number of hydrogen-bond donors (Lipinski definition) is 2. The van der Waals surface area contributed by atoms with Gasteiger partial charge in [-0.3, -0.25) is 4.79 Å². The second kappa shape index (κ2) is 6.13. The predicted octanol–water partition coefficient (Wildman–Crippen LogP) is 2.99. The summed E-state index contributed by atoms with van der Waals surface area (Å²) in [6, 6.07) is 3.44. The Hall–Kier alpha value is -0.440. The third-order valence-corrected chi connectivity index (χ3v) is 5.48. The van der Waals surface area contributed by atoms with Crippen LogP contribution in [0, 0.1) is 5.41 Å². The number of carboxylic acids is 1. The van der Waals surface area contributed by atoms with Gasteiger partial charge in [0.2, 0.25) is 10.0 Å². The maximum atomic E-state index is 12.3. The number of carbonyl (C=O) groups is 1. The van der Waals surface area contributed by atoms with E-state index in [4.69, 9.17) is 0 Å². The molecular formula is C12H15Br2NO4S. The van der Waals surface area contributed by atoms with Crippen LogP contribution in [0.3, 0.4) is 0 Å². The number of nitrogens with one attached hydrogen (secondary N) is 1. The number of halogens is 2. The summed E-state index contributed by atoms with van der Waals surface area (Å²) >= 11 is 6.35. The van der Waals surface area contributed by atoms with Gasteiger partial charge in [-0.1, -0.05) is 36.7 Å². The Labute approximate surface area is 135 Å². The zero-order chi connectivity index (χ0) is 15.7. The maximum Gasteiger partial charge on any atom is 0.322 e. The zero-order valence-corrected chi connectivity index (χ0v) is 15.1. The summed E-state index contributed by atoms with van der Waals surface area (Å²) in [5.74, 6) is -1.22. The van der Waals surface area contributed by atoms with Crippen LogP contribution in [0.4, 0.5) is 0 Å². The molecule has 1 rings (SSSR count). The second-order valence-corrected chi connectivity index (χ2v) is 8.79. The predicted molar refractivity (Wildman–Crippen MR) is 83.0 cm³/mol. The molecular weight excluding hydrogens is 414 g/mol. The lowest BCUT2D eigenvalue weighted by atomic mass is 9.88. The summed E-state index contributed by atoms with van der Waals surface area (Å²) in [7, 11) is -3.95. The fourth-order valence-corrected chi connectivity index (χ4v) is 4.40. The molecule has 0 radical (unpaired) electrons. The average molecular weight is 429 g/mol. The minimum Gasteiger partial charge on any atom is -0.480 e. The molecule has 112 valence electrons. The van der Waals surface area contributed by atoms with Crippen molar-refractivity contribution in [2.24, 2.45) is 5.41 Å². The molecule has 0 spiro atoms. The van der Waals surface area contributed by atoms with Gasteiger partial charge in [0, 0.05) is 8.95 Å². The van der Waals surface area contributed by atoms with Crippen molar-refractivity contribution in [2.75, 3.05) is 0 Å². The topological polar surface area (TPSA) is 83.5 Å². The number of aliphatic carboxylic acids is 1. The van der Waals surface area contributed by atoms with Crippen LogP contribution in [0.25, 0.3) is 0 Å². The van der Waals surface area contributed by atoms with Gasteiger partial charge < -0.3 is 5.11 Å². The molecule has 0 saturated heterocycles. The van der Waals surface area contributed by atoms with E-state index in [1.807, 2.05) is 0 Å². The third-order valence-electron chi connectivity index (χ3n) is 2.57. The Morgan fingerprint density at radius 1 is 1.30 bits per heavy atom. The van der Waals surface area contributed by atoms with Crippen molar-refractivity contribution in [2.45, 2.75) is 31.7 Å². The van der Waals surface area contributed by atoms with Gasteiger partial charge in [-0.05, 0) is 39.5 Å². The lowest BCUT2D eigenvalue weighted by molar-refractivity contribution is -0.141. The van der Waals surface area contributed by atoms with Crippen LogP contribution in [0.5, 0.6) is 0 Å². The first-order valence-corrected chi connectivity index (χ1v) is 8.72. The summed E-state index contributed by atoms with van der Waals surface area (Å²) in [5.41, 5.74) is -0.753. The molecule has 0 aliphatic rings. The highest BCUT2D eigenvalue weighted by molar-refractivity contribution is 9.11. The third kappa shape index (κ3) is 4.28. The lowest BCUT2D eigenvalue weighted by Crippen LogP contribution is -2.49. The van der Waals surface area contributed by atoms with E-state index in [1.54, 1.807) is 32.9 Å². The van der Waals surface area contributed by atoms with E-state index in [0.29, 0.717) is 8.95 Å². The van der Waals surface area contributed by atoms with E-state index in [0.717, 1.165) is 0 Å². The highest BCUT2D eigenvalue weighted by atomic mass is 79.9. The van der Waals surface area contributed by atoms with Crippen LogP contribution >= 0.6 is 31.9 Å². The first-order chi connectivity index (χ1) is 8.95. The number of benzene rings is 1. The van der Waals surface area contributed by atoms with Gasteiger partial charge in [0.05, 0.1) is 4.90 Å². The Balaban J connectivity index is 3.24. The SMILES string of the molecule is CC(C)(C)[C@@H](NS(=O)(=O)c1cc(Br)ccc1Br)C(=O)O. The molecule has 0 aliphatic heterocycles. The first-order valence-electron chi connectivity index (χ1n) is 5.65. The summed E-state index contributed by atoms with van der Waals surface area (Å²) in [5, 5.41) is 9.20. The molecule has 1 aromatic rings. The largest absolute Gasteiger partial charge is 0.480 e. The van der Waals surface area contributed by atoms with Crippen LogP contribution in [0.15, 0.2) is 32.0 Å². The van der Waals surface area contributed by atoms with Gasteiger partial charge in [-0.15, -0.1) is 0 Å². The summed E-state index contributed by atoms with van der Waals surface area (Å²) in [4.78, 5) is 11.2. The van der Waals surface area contributed by atoms with Crippen LogP contribution in [-0.2, 0) is 14.8 Å². The Morgan fingerprint density at radius 3 is 2.30 bits per heavy atom. The Bertz CT molecular complexity index is 623. The van der Waals surface area contributed by atoms with E-state index in [1.165, 1.54) is 6.07 Å². The molecule has 2 N–H and O–H groups in total. The molecule has 0 aromatic heterocycles. The van der Waals surface area contributed by atoms with E-state index in [2.05, 4.69) is 36.6 Å². The molecule has 0 aliphatic carbocycles. The number of hydrogen-bond acceptors (Lipinski definition) is 3. The summed E-state index contributed by atoms with van der Waals surface area (Å²) < 4.78 is 27.9. The monoisotopic (exact) mass is 427 g/mol. The van der Waals surface area contributed by atoms with E-state index >= 15 is 0 Å². The molecule has 0 amide bonds. The van der Waals surface area contributed by atoms with Gasteiger partial charge in [-0.25, -0.2) is 8.42 Å². The molecule has 0 saturated carbocycles. The van der Waals surface area contributed by atoms with Crippen LogP contribution in [-0.4, -0.2) is 25.5 Å². The summed E-state index contributed by atoms with van der Waals surface area (Å²) in [6.07, 6.45) is 0. The number of carboxylic acid groups (broad SMARTS) is 1. The molecule has 0 fully saturated rings. The van der Waals surface area contributed by atoms with Gasteiger partial charge in [0.1, 0.15) is 6.04 Å². The van der Waals surface area contributed by atoms with Crippen LogP contribution < -0.4 is 4.72 Å². The lowest BCUT2D eigenvalue weighted by Gasteiger charge is -2.27. The van der Waals surface area contributed by atoms with Gasteiger partial charge in [0.15, 0.2) is 0 Å². The van der Waals surface area contributed by atoms with Crippen LogP contribution in [0.1, 0.15) is 20.8 Å². The first kappa shape index (κ1) is 17.6. The molecule has 20 heavy (non-hydrogen) atoms.